The van der Waals surface area contributed by atoms with Crippen LogP contribution in [0.15, 0.2) is 66.9 Å². The van der Waals surface area contributed by atoms with Crippen molar-refractivity contribution in [2.45, 2.75) is 19.9 Å². The van der Waals surface area contributed by atoms with Crippen molar-refractivity contribution in [3.05, 3.63) is 78.1 Å². The van der Waals surface area contributed by atoms with Crippen molar-refractivity contribution in [2.75, 3.05) is 6.61 Å². The minimum atomic E-state index is -0.215. The van der Waals surface area contributed by atoms with Crippen LogP contribution in [-0.2, 0) is 6.54 Å². The van der Waals surface area contributed by atoms with Crippen LogP contribution in [0.3, 0.4) is 0 Å². The van der Waals surface area contributed by atoms with Crippen LogP contribution in [0.5, 0.6) is 5.75 Å². The monoisotopic (exact) mass is 347 g/mol. The number of nitrogens with one attached hydrogen (secondary N) is 1. The van der Waals surface area contributed by atoms with E-state index in [9.17, 15) is 4.79 Å². The van der Waals surface area contributed by atoms with Crippen LogP contribution < -0.4 is 10.1 Å². The Balaban J connectivity index is 1.60. The zero-order valence-corrected chi connectivity index (χ0v) is 14.7. The molecule has 0 bridgehead atoms. The third kappa shape index (κ3) is 4.66. The SMILES string of the molecule is CCC=CCOc1cccc(CNC(=O)c2ccc3ncccc3n2)c1. The highest BCUT2D eigenvalue weighted by Gasteiger charge is 2.08. The molecule has 0 atom stereocenters. The molecule has 0 aliphatic heterocycles. The fourth-order valence-corrected chi connectivity index (χ4v) is 2.48. The highest BCUT2D eigenvalue weighted by molar-refractivity contribution is 5.94. The van der Waals surface area contributed by atoms with Gasteiger partial charge in [0.25, 0.3) is 5.91 Å². The Morgan fingerprint density at radius 1 is 1.12 bits per heavy atom. The first kappa shape index (κ1) is 17.6. The summed E-state index contributed by atoms with van der Waals surface area (Å²) < 4.78 is 5.67. The van der Waals surface area contributed by atoms with E-state index in [4.69, 9.17) is 4.74 Å². The molecule has 26 heavy (non-hydrogen) atoms. The molecule has 2 aromatic heterocycles. The molecule has 0 unspecified atom stereocenters. The number of benzene rings is 1. The van der Waals surface area contributed by atoms with E-state index in [2.05, 4.69) is 28.3 Å². The summed E-state index contributed by atoms with van der Waals surface area (Å²) in [5, 5.41) is 2.89. The molecule has 1 N–H and O–H groups in total. The average molecular weight is 347 g/mol. The van der Waals surface area contributed by atoms with Gasteiger partial charge in [0.05, 0.1) is 11.0 Å². The number of amides is 1. The lowest BCUT2D eigenvalue weighted by Gasteiger charge is -2.08. The Morgan fingerprint density at radius 2 is 2.04 bits per heavy atom. The number of carbonyl (C=O) groups excluding carboxylic acids is 1. The molecule has 1 aromatic carbocycles. The van der Waals surface area contributed by atoms with E-state index in [1.165, 1.54) is 0 Å². The van der Waals surface area contributed by atoms with Gasteiger partial charge in [0.2, 0.25) is 0 Å². The van der Waals surface area contributed by atoms with Gasteiger partial charge >= 0.3 is 0 Å². The summed E-state index contributed by atoms with van der Waals surface area (Å²) in [5.41, 5.74) is 2.82. The Hall–Kier alpha value is -3.21. The van der Waals surface area contributed by atoms with Crippen LogP contribution in [0.2, 0.25) is 0 Å². The number of hydrogen-bond acceptors (Lipinski definition) is 4. The van der Waals surface area contributed by atoms with Crippen LogP contribution in [0, 0.1) is 0 Å². The average Bonchev–Trinajstić information content (AvgIpc) is 2.69. The zero-order chi connectivity index (χ0) is 18.2. The van der Waals surface area contributed by atoms with E-state index in [-0.39, 0.29) is 5.91 Å². The maximum atomic E-state index is 12.4. The fourth-order valence-electron chi connectivity index (χ4n) is 2.48. The molecular weight excluding hydrogens is 326 g/mol. The van der Waals surface area contributed by atoms with Gasteiger partial charge in [-0.15, -0.1) is 0 Å². The number of hydrogen-bond donors (Lipinski definition) is 1. The molecule has 0 aliphatic carbocycles. The molecule has 3 rings (SSSR count). The van der Waals surface area contributed by atoms with Crippen molar-refractivity contribution >= 4 is 16.9 Å². The lowest BCUT2D eigenvalue weighted by molar-refractivity contribution is 0.0946. The Labute approximate surface area is 152 Å². The quantitative estimate of drug-likeness (QED) is 0.658. The first-order valence-corrected chi connectivity index (χ1v) is 8.63. The molecule has 0 saturated carbocycles. The van der Waals surface area contributed by atoms with Gasteiger partial charge in [-0.25, -0.2) is 4.98 Å². The molecule has 0 radical (unpaired) electrons. The van der Waals surface area contributed by atoms with Crippen molar-refractivity contribution in [1.29, 1.82) is 0 Å². The van der Waals surface area contributed by atoms with Crippen molar-refractivity contribution in [1.82, 2.24) is 15.3 Å². The van der Waals surface area contributed by atoms with Crippen LogP contribution >= 0.6 is 0 Å². The largest absolute Gasteiger partial charge is 0.490 e. The molecule has 0 fully saturated rings. The summed E-state index contributed by atoms with van der Waals surface area (Å²) in [6.07, 6.45) is 6.76. The maximum absolute atomic E-state index is 12.4. The van der Waals surface area contributed by atoms with E-state index in [0.717, 1.165) is 23.3 Å². The van der Waals surface area contributed by atoms with Crippen LogP contribution in [0.1, 0.15) is 29.4 Å². The van der Waals surface area contributed by atoms with Gasteiger partial charge in [-0.2, -0.15) is 0 Å². The molecule has 132 valence electrons. The lowest BCUT2D eigenvalue weighted by Crippen LogP contribution is -2.23. The Bertz CT molecular complexity index is 922. The molecule has 0 saturated heterocycles. The van der Waals surface area contributed by atoms with Crippen LogP contribution in [0.25, 0.3) is 11.0 Å². The normalized spacial score (nSPS) is 11.0. The lowest BCUT2D eigenvalue weighted by atomic mass is 10.2. The Morgan fingerprint density at radius 3 is 2.92 bits per heavy atom. The van der Waals surface area contributed by atoms with Gasteiger partial charge in [0, 0.05) is 12.7 Å². The first-order valence-electron chi connectivity index (χ1n) is 8.63. The van der Waals surface area contributed by atoms with E-state index in [1.54, 1.807) is 24.4 Å². The van der Waals surface area contributed by atoms with Crippen LogP contribution in [-0.4, -0.2) is 22.5 Å². The summed E-state index contributed by atoms with van der Waals surface area (Å²) in [6, 6.07) is 14.8. The van der Waals surface area contributed by atoms with Gasteiger partial charge < -0.3 is 10.1 Å². The minimum Gasteiger partial charge on any atom is -0.490 e. The molecule has 5 heteroatoms. The van der Waals surface area contributed by atoms with Gasteiger partial charge in [-0.1, -0.05) is 31.2 Å². The predicted molar refractivity (Wildman–Crippen MR) is 102 cm³/mol. The van der Waals surface area contributed by atoms with Gasteiger partial charge in [0.1, 0.15) is 18.1 Å². The van der Waals surface area contributed by atoms with E-state index < -0.39 is 0 Å². The summed E-state index contributed by atoms with van der Waals surface area (Å²) >= 11 is 0. The number of ether oxygens (including phenoxy) is 1. The highest BCUT2D eigenvalue weighted by Crippen LogP contribution is 2.14. The number of rotatable bonds is 7. The fraction of sp³-hybridized carbons (Fsp3) is 0.190. The van der Waals surface area contributed by atoms with E-state index in [1.807, 2.05) is 36.4 Å². The number of fused-ring (bicyclic) bond motifs is 1. The Kier molecular flexibility index (Phi) is 5.93. The zero-order valence-electron chi connectivity index (χ0n) is 14.7. The maximum Gasteiger partial charge on any atom is 0.270 e. The van der Waals surface area contributed by atoms with Crippen molar-refractivity contribution in [3.63, 3.8) is 0 Å². The second-order valence-electron chi connectivity index (χ2n) is 5.76. The number of pyridine rings is 2. The first-order chi connectivity index (χ1) is 12.8. The molecule has 2 heterocycles. The van der Waals surface area contributed by atoms with E-state index in [0.29, 0.717) is 24.4 Å². The van der Waals surface area contributed by atoms with Gasteiger partial charge in [-0.05, 0) is 48.4 Å². The number of aromatic nitrogens is 2. The molecule has 3 aromatic rings. The standard InChI is InChI=1S/C21H21N3O2/c1-2-3-4-13-26-17-8-5-7-16(14-17)15-23-21(25)20-11-10-18-19(24-20)9-6-12-22-18/h3-12,14H,2,13,15H2,1H3,(H,23,25). The highest BCUT2D eigenvalue weighted by atomic mass is 16.5. The van der Waals surface area contributed by atoms with Gasteiger partial charge in [0.15, 0.2) is 0 Å². The summed E-state index contributed by atoms with van der Waals surface area (Å²) in [7, 11) is 0. The molecule has 0 aliphatic rings. The summed E-state index contributed by atoms with van der Waals surface area (Å²) in [4.78, 5) is 20.9. The number of allylic oxidation sites excluding steroid dienone is 1. The molecule has 5 nitrogen and oxygen atoms in total. The van der Waals surface area contributed by atoms with E-state index >= 15 is 0 Å². The third-order valence-corrected chi connectivity index (χ3v) is 3.79. The molecular formula is C21H21N3O2. The molecule has 0 spiro atoms. The van der Waals surface area contributed by atoms with Crippen LogP contribution in [0.4, 0.5) is 0 Å². The number of carbonyl (C=O) groups is 1. The van der Waals surface area contributed by atoms with Crippen molar-refractivity contribution in [3.8, 4) is 5.75 Å². The van der Waals surface area contributed by atoms with Crippen molar-refractivity contribution < 1.29 is 9.53 Å². The van der Waals surface area contributed by atoms with Gasteiger partial charge in [-0.3, -0.25) is 9.78 Å². The topological polar surface area (TPSA) is 64.1 Å². The predicted octanol–water partition coefficient (Wildman–Crippen LogP) is 3.90. The second-order valence-corrected chi connectivity index (χ2v) is 5.76. The molecule has 1 amide bonds. The van der Waals surface area contributed by atoms with Crippen molar-refractivity contribution in [2.24, 2.45) is 0 Å². The summed E-state index contributed by atoms with van der Waals surface area (Å²) in [5.74, 6) is 0.570. The smallest absolute Gasteiger partial charge is 0.270 e. The second kappa shape index (κ2) is 8.76. The summed E-state index contributed by atoms with van der Waals surface area (Å²) in [6.45, 7) is 3.03. The third-order valence-electron chi connectivity index (χ3n) is 3.79. The number of nitrogens with zero attached hydrogens (tertiary/aromatic N) is 2. The minimum absolute atomic E-state index is 0.215.